The number of piperazine rings is 1. The first-order valence-corrected chi connectivity index (χ1v) is 16.8. The highest BCUT2D eigenvalue weighted by Crippen LogP contribution is 2.37. The molecule has 47 heavy (non-hydrogen) atoms. The van der Waals surface area contributed by atoms with E-state index < -0.39 is 0 Å². The van der Waals surface area contributed by atoms with E-state index in [1.54, 1.807) is 11.0 Å². The molecule has 0 bridgehead atoms. The number of carbonyl (C=O) groups excluding carboxylic acids is 1. The molecule has 6 rings (SSSR count). The summed E-state index contributed by atoms with van der Waals surface area (Å²) in [6.07, 6.45) is 4.79. The summed E-state index contributed by atoms with van der Waals surface area (Å²) in [4.78, 5) is 31.9. The Balaban J connectivity index is 1.32. The summed E-state index contributed by atoms with van der Waals surface area (Å²) < 4.78 is 6.31. The van der Waals surface area contributed by atoms with Crippen molar-refractivity contribution in [2.24, 2.45) is 5.92 Å². The Morgan fingerprint density at radius 1 is 1.09 bits per heavy atom. The van der Waals surface area contributed by atoms with Gasteiger partial charge in [-0.15, -0.1) is 0 Å². The number of nitrogens with zero attached hydrogens (tertiary/aromatic N) is 8. The van der Waals surface area contributed by atoms with E-state index in [2.05, 4.69) is 58.2 Å². The molecular formula is C36H41ClN8O2. The average molecular weight is 653 g/mol. The standard InChI is InChI=1S/C36H41ClN8O2/c1-24(2)19-26(20-39)35(46)45-18-17-44(21-27(45)12-14-38)34-29-13-16-43(32-11-5-8-25-7-4-10-30(37)33(25)32)22-31(29)40-36(41-34)47-23-28-9-6-15-42(28)3/h4-5,7-8,10-11,19,24,27-28H,6,9,12-13,15-18,21-23H2,1-3H3/t27-,28-/m0/s1. The van der Waals surface area contributed by atoms with E-state index in [9.17, 15) is 15.3 Å². The van der Waals surface area contributed by atoms with Crippen molar-refractivity contribution in [3.05, 3.63) is 64.3 Å². The molecule has 1 amide bonds. The molecule has 2 aromatic carbocycles. The summed E-state index contributed by atoms with van der Waals surface area (Å²) in [5, 5.41) is 22.3. The summed E-state index contributed by atoms with van der Waals surface area (Å²) in [6, 6.07) is 16.8. The summed E-state index contributed by atoms with van der Waals surface area (Å²) >= 11 is 6.72. The minimum Gasteiger partial charge on any atom is -0.462 e. The fourth-order valence-electron chi connectivity index (χ4n) is 7.06. The largest absolute Gasteiger partial charge is 0.462 e. The van der Waals surface area contributed by atoms with Gasteiger partial charge in [0.2, 0.25) is 0 Å². The Kier molecular flexibility index (Phi) is 9.81. The van der Waals surface area contributed by atoms with Crippen molar-refractivity contribution in [2.45, 2.75) is 58.2 Å². The molecule has 2 saturated heterocycles. The topological polar surface area (TPSA) is 113 Å². The highest BCUT2D eigenvalue weighted by molar-refractivity contribution is 6.36. The molecule has 0 unspecified atom stereocenters. The van der Waals surface area contributed by atoms with E-state index >= 15 is 0 Å². The first-order valence-electron chi connectivity index (χ1n) is 16.5. The van der Waals surface area contributed by atoms with Crippen molar-refractivity contribution in [1.82, 2.24) is 19.8 Å². The number of likely N-dealkylation sites (tertiary alicyclic amines) is 1. The maximum absolute atomic E-state index is 13.4. The van der Waals surface area contributed by atoms with Gasteiger partial charge in [-0.2, -0.15) is 20.5 Å². The number of benzene rings is 2. The van der Waals surface area contributed by atoms with Crippen molar-refractivity contribution in [1.29, 1.82) is 10.5 Å². The van der Waals surface area contributed by atoms with Gasteiger partial charge in [-0.3, -0.25) is 4.79 Å². The molecule has 0 radical (unpaired) electrons. The number of amides is 1. The van der Waals surface area contributed by atoms with E-state index in [-0.39, 0.29) is 29.9 Å². The van der Waals surface area contributed by atoms with E-state index in [4.69, 9.17) is 26.3 Å². The Morgan fingerprint density at radius 3 is 2.62 bits per heavy atom. The highest BCUT2D eigenvalue weighted by atomic mass is 35.5. The fourth-order valence-corrected chi connectivity index (χ4v) is 7.34. The predicted octanol–water partition coefficient (Wildman–Crippen LogP) is 5.36. The molecule has 0 saturated carbocycles. The number of fused-ring (bicyclic) bond motifs is 2. The molecular weight excluding hydrogens is 612 g/mol. The van der Waals surface area contributed by atoms with Gasteiger partial charge >= 0.3 is 6.01 Å². The maximum Gasteiger partial charge on any atom is 0.318 e. The normalized spacial score (nSPS) is 20.3. The second-order valence-electron chi connectivity index (χ2n) is 13.0. The third-order valence-corrected chi connectivity index (χ3v) is 9.81. The van der Waals surface area contributed by atoms with Gasteiger partial charge in [-0.1, -0.05) is 55.8 Å². The monoisotopic (exact) mass is 652 g/mol. The van der Waals surface area contributed by atoms with Crippen LogP contribution in [0.4, 0.5) is 11.5 Å². The average Bonchev–Trinajstić information content (AvgIpc) is 3.49. The molecule has 10 nitrogen and oxygen atoms in total. The first-order chi connectivity index (χ1) is 22.8. The highest BCUT2D eigenvalue weighted by Gasteiger charge is 2.35. The molecule has 0 spiro atoms. The number of ether oxygens (including phenoxy) is 1. The number of halogens is 1. The van der Waals surface area contributed by atoms with E-state index in [0.29, 0.717) is 44.8 Å². The number of anilines is 2. The van der Waals surface area contributed by atoms with Gasteiger partial charge in [0, 0.05) is 48.9 Å². The maximum atomic E-state index is 13.4. The predicted molar refractivity (Wildman–Crippen MR) is 183 cm³/mol. The van der Waals surface area contributed by atoms with Crippen LogP contribution in [0.15, 0.2) is 48.0 Å². The number of allylic oxidation sites excluding steroid dienone is 1. The number of carbonyl (C=O) groups is 1. The van der Waals surface area contributed by atoms with Crippen LogP contribution in [0.2, 0.25) is 5.02 Å². The molecule has 3 aliphatic rings. The summed E-state index contributed by atoms with van der Waals surface area (Å²) in [5.74, 6) is 0.539. The van der Waals surface area contributed by atoms with Crippen LogP contribution in [0.5, 0.6) is 6.01 Å². The number of likely N-dealkylation sites (N-methyl/N-ethyl adjacent to an activating group) is 1. The smallest absolute Gasteiger partial charge is 0.318 e. The zero-order valence-corrected chi connectivity index (χ0v) is 28.1. The molecule has 2 fully saturated rings. The van der Waals surface area contributed by atoms with Gasteiger partial charge in [0.25, 0.3) is 5.91 Å². The van der Waals surface area contributed by atoms with Crippen molar-refractivity contribution in [2.75, 3.05) is 56.2 Å². The molecule has 4 heterocycles. The number of nitriles is 2. The van der Waals surface area contributed by atoms with Crippen molar-refractivity contribution in [3.63, 3.8) is 0 Å². The fraction of sp³-hybridized carbons (Fsp3) is 0.472. The molecule has 3 aliphatic heterocycles. The minimum atomic E-state index is -0.384. The van der Waals surface area contributed by atoms with Crippen LogP contribution in [0.1, 0.15) is 44.4 Å². The third-order valence-electron chi connectivity index (χ3n) is 9.49. The van der Waals surface area contributed by atoms with Crippen LogP contribution in [0, 0.1) is 28.6 Å². The van der Waals surface area contributed by atoms with Gasteiger partial charge in [-0.25, -0.2) is 0 Å². The zero-order valence-electron chi connectivity index (χ0n) is 27.3. The van der Waals surface area contributed by atoms with Gasteiger partial charge in [-0.05, 0) is 56.3 Å². The lowest BCUT2D eigenvalue weighted by Crippen LogP contribution is -2.56. The minimum absolute atomic E-state index is 0.0590. The number of rotatable bonds is 8. The lowest BCUT2D eigenvalue weighted by atomic mass is 10.0. The second kappa shape index (κ2) is 14.2. The van der Waals surface area contributed by atoms with E-state index in [0.717, 1.165) is 70.9 Å². The lowest BCUT2D eigenvalue weighted by Gasteiger charge is -2.42. The molecule has 0 N–H and O–H groups in total. The zero-order chi connectivity index (χ0) is 33.1. The molecule has 2 atom stereocenters. The van der Waals surface area contributed by atoms with Crippen LogP contribution in [0.25, 0.3) is 10.8 Å². The van der Waals surface area contributed by atoms with Gasteiger partial charge in [0.1, 0.15) is 24.1 Å². The van der Waals surface area contributed by atoms with Crippen LogP contribution in [-0.2, 0) is 17.8 Å². The van der Waals surface area contributed by atoms with Gasteiger partial charge < -0.3 is 24.3 Å². The Labute approximate surface area is 281 Å². The quantitative estimate of drug-likeness (QED) is 0.235. The van der Waals surface area contributed by atoms with Crippen LogP contribution < -0.4 is 14.5 Å². The van der Waals surface area contributed by atoms with Gasteiger partial charge in [0.05, 0.1) is 35.8 Å². The number of hydrogen-bond acceptors (Lipinski definition) is 9. The van der Waals surface area contributed by atoms with Crippen molar-refractivity contribution < 1.29 is 9.53 Å². The van der Waals surface area contributed by atoms with Crippen LogP contribution in [-0.4, -0.2) is 84.1 Å². The SMILES string of the molecule is CC(C)C=C(C#N)C(=O)N1CCN(c2nc(OC[C@@H]3CCCN3C)nc3c2CCN(c2cccc4cccc(Cl)c24)C3)C[C@@H]1CC#N. The third kappa shape index (κ3) is 6.86. The van der Waals surface area contributed by atoms with Crippen molar-refractivity contribution in [3.8, 4) is 18.1 Å². The first kappa shape index (κ1) is 32.6. The number of hydrogen-bond donors (Lipinski definition) is 0. The molecule has 244 valence electrons. The molecule has 11 heteroatoms. The summed E-state index contributed by atoms with van der Waals surface area (Å²) in [6.45, 7) is 8.09. The molecule has 3 aromatic rings. The Hall–Kier alpha value is -4.38. The number of aromatic nitrogens is 2. The second-order valence-corrected chi connectivity index (χ2v) is 13.4. The summed E-state index contributed by atoms with van der Waals surface area (Å²) in [5.41, 5.74) is 3.16. The van der Waals surface area contributed by atoms with E-state index in [1.165, 1.54) is 0 Å². The molecule has 1 aromatic heterocycles. The van der Waals surface area contributed by atoms with E-state index in [1.807, 2.05) is 26.0 Å². The van der Waals surface area contributed by atoms with Crippen LogP contribution >= 0.6 is 11.6 Å². The molecule has 0 aliphatic carbocycles. The summed E-state index contributed by atoms with van der Waals surface area (Å²) in [7, 11) is 2.12. The van der Waals surface area contributed by atoms with Crippen LogP contribution in [0.3, 0.4) is 0 Å². The van der Waals surface area contributed by atoms with Gasteiger partial charge in [0.15, 0.2) is 0 Å². The lowest BCUT2D eigenvalue weighted by molar-refractivity contribution is -0.129. The Bertz CT molecular complexity index is 1760. The van der Waals surface area contributed by atoms with Crippen molar-refractivity contribution >= 4 is 39.8 Å². The Morgan fingerprint density at radius 2 is 1.89 bits per heavy atom.